The maximum atomic E-state index is 2.63. The first kappa shape index (κ1) is 30.4. The van der Waals surface area contributed by atoms with Crippen LogP contribution in [-0.4, -0.2) is 6.71 Å². The molecule has 1 aliphatic carbocycles. The van der Waals surface area contributed by atoms with Crippen molar-refractivity contribution >= 4 is 40.2 Å². The highest BCUT2D eigenvalue weighted by Gasteiger charge is 2.47. The number of anilines is 3. The molecule has 7 rings (SSSR count). The molecule has 0 fully saturated rings. The first-order valence-corrected chi connectivity index (χ1v) is 17.1. The Morgan fingerprint density at radius 2 is 1.18 bits per heavy atom. The van der Waals surface area contributed by atoms with Crippen LogP contribution in [0.1, 0.15) is 128 Å². The highest BCUT2D eigenvalue weighted by Crippen LogP contribution is 2.52. The van der Waals surface area contributed by atoms with Crippen LogP contribution in [0.2, 0.25) is 0 Å². The lowest BCUT2D eigenvalue weighted by atomic mass is 9.30. The standard InChI is InChI=1S/C43H52BN/c1-26-20-33-38-37(21-26)45(29-16-18-30-32(24-29)42(10,11)25-41(30,8)9)36-23-28(40(5,6)7)15-19-34(36)44(38)35-22-27(39(2,3)4)14-17-31(35)43(33,12)13/h14-24H,25H2,1-13H3. The van der Waals surface area contributed by atoms with E-state index >= 15 is 0 Å². The minimum absolute atomic E-state index is 0.0502. The van der Waals surface area contributed by atoms with Gasteiger partial charge in [-0.05, 0) is 109 Å². The van der Waals surface area contributed by atoms with Crippen molar-refractivity contribution < 1.29 is 0 Å². The summed E-state index contributed by atoms with van der Waals surface area (Å²) >= 11 is 0. The van der Waals surface area contributed by atoms with Crippen LogP contribution in [0.15, 0.2) is 66.7 Å². The molecule has 45 heavy (non-hydrogen) atoms. The average Bonchev–Trinajstić information content (AvgIpc) is 3.11. The SMILES string of the molecule is Cc1cc2c3c(c1)C(C)(C)c1ccc(C(C)(C)C)cc1B3c1ccc(C(C)(C)C)cc1N2c1ccc2c(c1)C(C)(C)CC2(C)C. The maximum absolute atomic E-state index is 2.63. The zero-order chi connectivity index (χ0) is 32.6. The van der Waals surface area contributed by atoms with E-state index in [0.717, 1.165) is 0 Å². The predicted molar refractivity (Wildman–Crippen MR) is 197 cm³/mol. The van der Waals surface area contributed by atoms with Crippen molar-refractivity contribution in [2.24, 2.45) is 0 Å². The van der Waals surface area contributed by atoms with Crippen molar-refractivity contribution in [2.75, 3.05) is 4.90 Å². The molecule has 0 saturated heterocycles. The molecular weight excluding hydrogens is 541 g/mol. The lowest BCUT2D eigenvalue weighted by Crippen LogP contribution is -2.64. The summed E-state index contributed by atoms with van der Waals surface area (Å²) in [5.74, 6) is 0. The van der Waals surface area contributed by atoms with Gasteiger partial charge in [0.05, 0.1) is 0 Å². The van der Waals surface area contributed by atoms with Gasteiger partial charge in [-0.25, -0.2) is 0 Å². The molecule has 1 nitrogen and oxygen atoms in total. The van der Waals surface area contributed by atoms with Gasteiger partial charge in [-0.3, -0.25) is 0 Å². The Morgan fingerprint density at radius 3 is 1.84 bits per heavy atom. The second kappa shape index (κ2) is 9.18. The summed E-state index contributed by atoms with van der Waals surface area (Å²) in [6.45, 7) is 31.1. The van der Waals surface area contributed by atoms with Gasteiger partial charge < -0.3 is 4.90 Å². The van der Waals surface area contributed by atoms with E-state index in [1.54, 1.807) is 0 Å². The fraction of sp³-hybridized carbons (Fsp3) is 0.442. The van der Waals surface area contributed by atoms with Gasteiger partial charge in [-0.1, -0.05) is 131 Å². The summed E-state index contributed by atoms with van der Waals surface area (Å²) in [5, 5.41) is 0. The molecule has 0 saturated carbocycles. The third-order valence-electron chi connectivity index (χ3n) is 11.5. The third-order valence-corrected chi connectivity index (χ3v) is 11.5. The van der Waals surface area contributed by atoms with Crippen molar-refractivity contribution in [3.8, 4) is 0 Å². The average molecular weight is 594 g/mol. The fourth-order valence-electron chi connectivity index (χ4n) is 9.22. The monoisotopic (exact) mass is 593 g/mol. The van der Waals surface area contributed by atoms with E-state index in [1.165, 1.54) is 78.8 Å². The van der Waals surface area contributed by atoms with Gasteiger partial charge in [0.25, 0.3) is 0 Å². The smallest absolute Gasteiger partial charge is 0.247 e. The molecule has 0 N–H and O–H groups in total. The van der Waals surface area contributed by atoms with Crippen LogP contribution in [0, 0.1) is 6.92 Å². The number of benzene rings is 4. The number of aryl methyl sites for hydroxylation is 1. The van der Waals surface area contributed by atoms with Crippen molar-refractivity contribution in [2.45, 2.75) is 124 Å². The van der Waals surface area contributed by atoms with E-state index in [1.807, 2.05) is 0 Å². The molecule has 2 heteroatoms. The van der Waals surface area contributed by atoms with Crippen LogP contribution < -0.4 is 21.3 Å². The Hall–Kier alpha value is -3.26. The minimum atomic E-state index is -0.100. The van der Waals surface area contributed by atoms with Crippen LogP contribution >= 0.6 is 0 Å². The molecule has 2 aliphatic heterocycles. The van der Waals surface area contributed by atoms with Crippen LogP contribution in [0.5, 0.6) is 0 Å². The first-order chi connectivity index (χ1) is 20.7. The minimum Gasteiger partial charge on any atom is -0.311 e. The van der Waals surface area contributed by atoms with Gasteiger partial charge >= 0.3 is 0 Å². The van der Waals surface area contributed by atoms with Crippen LogP contribution in [0.25, 0.3) is 0 Å². The molecule has 0 unspecified atom stereocenters. The quantitative estimate of drug-likeness (QED) is 0.175. The van der Waals surface area contributed by atoms with Crippen LogP contribution in [0.3, 0.4) is 0 Å². The highest BCUT2D eigenvalue weighted by atomic mass is 15.2. The Kier molecular flexibility index (Phi) is 6.20. The fourth-order valence-corrected chi connectivity index (χ4v) is 9.22. The Labute approximate surface area is 273 Å². The molecular formula is C43H52BN. The lowest BCUT2D eigenvalue weighted by Gasteiger charge is -2.46. The molecule has 4 aromatic rings. The number of hydrogen-bond acceptors (Lipinski definition) is 1. The van der Waals surface area contributed by atoms with E-state index in [2.05, 4.69) is 162 Å². The molecule has 232 valence electrons. The maximum Gasteiger partial charge on any atom is 0.247 e. The lowest BCUT2D eigenvalue weighted by molar-refractivity contribution is 0.403. The Balaban J connectivity index is 1.58. The number of fused-ring (bicyclic) bond motifs is 5. The largest absolute Gasteiger partial charge is 0.311 e. The number of rotatable bonds is 1. The summed E-state index contributed by atoms with van der Waals surface area (Å²) in [4.78, 5) is 2.63. The zero-order valence-electron chi connectivity index (χ0n) is 30.1. The Morgan fingerprint density at radius 1 is 0.578 bits per heavy atom. The second-order valence-corrected chi connectivity index (χ2v) is 18.4. The van der Waals surface area contributed by atoms with Crippen molar-refractivity contribution in [3.63, 3.8) is 0 Å². The highest BCUT2D eigenvalue weighted by molar-refractivity contribution is 6.99. The van der Waals surface area contributed by atoms with E-state index < -0.39 is 0 Å². The summed E-state index contributed by atoms with van der Waals surface area (Å²) in [6, 6.07) is 27.1. The first-order valence-electron chi connectivity index (χ1n) is 17.1. The van der Waals surface area contributed by atoms with Gasteiger partial charge in [0.1, 0.15) is 0 Å². The van der Waals surface area contributed by atoms with E-state index in [-0.39, 0.29) is 33.8 Å². The summed E-state index contributed by atoms with van der Waals surface area (Å²) < 4.78 is 0. The second-order valence-electron chi connectivity index (χ2n) is 18.4. The molecule has 0 amide bonds. The topological polar surface area (TPSA) is 3.24 Å². The van der Waals surface area contributed by atoms with Gasteiger partial charge in [0.15, 0.2) is 0 Å². The van der Waals surface area contributed by atoms with Crippen molar-refractivity contribution in [1.82, 2.24) is 0 Å². The van der Waals surface area contributed by atoms with Crippen LogP contribution in [-0.2, 0) is 27.1 Å². The van der Waals surface area contributed by atoms with Gasteiger partial charge in [0.2, 0.25) is 6.71 Å². The number of nitrogens with zero attached hydrogens (tertiary/aromatic N) is 1. The zero-order valence-corrected chi connectivity index (χ0v) is 30.1. The van der Waals surface area contributed by atoms with Gasteiger partial charge in [-0.2, -0.15) is 0 Å². The summed E-state index contributed by atoms with van der Waals surface area (Å²) in [5.41, 5.74) is 18.8. The van der Waals surface area contributed by atoms with Crippen molar-refractivity contribution in [3.05, 3.63) is 106 Å². The van der Waals surface area contributed by atoms with Crippen molar-refractivity contribution in [1.29, 1.82) is 0 Å². The molecule has 4 aromatic carbocycles. The van der Waals surface area contributed by atoms with E-state index in [4.69, 9.17) is 0 Å². The normalized spacial score (nSPS) is 18.7. The molecule has 0 aromatic heterocycles. The predicted octanol–water partition coefficient (Wildman–Crippen LogP) is 9.49. The molecule has 0 radical (unpaired) electrons. The molecule has 3 aliphatic rings. The van der Waals surface area contributed by atoms with Gasteiger partial charge in [-0.15, -0.1) is 0 Å². The molecule has 0 atom stereocenters. The van der Waals surface area contributed by atoms with Crippen LogP contribution in [0.4, 0.5) is 17.1 Å². The Bertz CT molecular complexity index is 1890. The molecule has 0 spiro atoms. The third kappa shape index (κ3) is 4.41. The number of hydrogen-bond donors (Lipinski definition) is 0. The summed E-state index contributed by atoms with van der Waals surface area (Å²) in [7, 11) is 0. The van der Waals surface area contributed by atoms with Gasteiger partial charge in [0, 0.05) is 22.5 Å². The molecule has 0 bridgehead atoms. The van der Waals surface area contributed by atoms with E-state index in [0.29, 0.717) is 0 Å². The summed E-state index contributed by atoms with van der Waals surface area (Å²) in [6.07, 6.45) is 1.17. The molecule has 2 heterocycles. The van der Waals surface area contributed by atoms with E-state index in [9.17, 15) is 0 Å².